The standard InChI is InChI=1S/C17H14F3NO5S/c1-10(15(22)21-14-5-3-2-4-13(14)18)26-16(23)11-6-8-12(9-7-11)27(24,25)17(19)20/h2-10,17H,1H3,(H,21,22)/t10-/m1/s1. The Morgan fingerprint density at radius 2 is 1.63 bits per heavy atom. The van der Waals surface area contributed by atoms with Crippen LogP contribution < -0.4 is 5.32 Å². The molecule has 2 aromatic rings. The third kappa shape index (κ3) is 4.85. The van der Waals surface area contributed by atoms with Crippen molar-refractivity contribution in [2.75, 3.05) is 5.32 Å². The van der Waals surface area contributed by atoms with Gasteiger partial charge in [-0.25, -0.2) is 17.6 Å². The molecule has 0 aliphatic carbocycles. The number of carbonyl (C=O) groups is 2. The molecule has 6 nitrogen and oxygen atoms in total. The van der Waals surface area contributed by atoms with Crippen LogP contribution in [0.1, 0.15) is 17.3 Å². The van der Waals surface area contributed by atoms with Crippen LogP contribution >= 0.6 is 0 Å². The van der Waals surface area contributed by atoms with Gasteiger partial charge in [0.05, 0.1) is 16.1 Å². The molecule has 2 rings (SSSR count). The van der Waals surface area contributed by atoms with E-state index in [0.717, 1.165) is 30.3 Å². The highest BCUT2D eigenvalue weighted by Gasteiger charge is 2.27. The maximum atomic E-state index is 13.5. The van der Waals surface area contributed by atoms with Gasteiger partial charge in [-0.1, -0.05) is 12.1 Å². The second-order valence-corrected chi connectivity index (χ2v) is 7.26. The minimum Gasteiger partial charge on any atom is -0.449 e. The van der Waals surface area contributed by atoms with Gasteiger partial charge < -0.3 is 10.1 Å². The number of hydrogen-bond donors (Lipinski definition) is 1. The van der Waals surface area contributed by atoms with E-state index in [1.807, 2.05) is 0 Å². The molecule has 0 bridgehead atoms. The molecule has 0 unspecified atom stereocenters. The van der Waals surface area contributed by atoms with Crippen molar-refractivity contribution in [3.63, 3.8) is 0 Å². The summed E-state index contributed by atoms with van der Waals surface area (Å²) in [6.45, 7) is 1.25. The minimum atomic E-state index is -4.78. The van der Waals surface area contributed by atoms with Crippen LogP contribution in [0.3, 0.4) is 0 Å². The number of carbonyl (C=O) groups excluding carboxylic acids is 2. The summed E-state index contributed by atoms with van der Waals surface area (Å²) in [6.07, 6.45) is -1.29. The van der Waals surface area contributed by atoms with Crippen LogP contribution in [0.25, 0.3) is 0 Å². The fourth-order valence-electron chi connectivity index (χ4n) is 1.96. The SMILES string of the molecule is C[C@@H](OC(=O)c1ccc(S(=O)(=O)C(F)F)cc1)C(=O)Nc1ccccc1F. The summed E-state index contributed by atoms with van der Waals surface area (Å²) < 4.78 is 66.0. The number of ether oxygens (including phenoxy) is 1. The van der Waals surface area contributed by atoms with Crippen LogP contribution in [0.2, 0.25) is 0 Å². The Balaban J connectivity index is 2.04. The van der Waals surface area contributed by atoms with Crippen molar-refractivity contribution in [3.8, 4) is 0 Å². The van der Waals surface area contributed by atoms with Crippen molar-refractivity contribution >= 4 is 27.4 Å². The highest BCUT2D eigenvalue weighted by atomic mass is 32.2. The number of halogens is 3. The maximum Gasteiger partial charge on any atom is 0.341 e. The third-order valence-corrected chi connectivity index (χ3v) is 4.84. The van der Waals surface area contributed by atoms with Crippen molar-refractivity contribution in [2.24, 2.45) is 0 Å². The van der Waals surface area contributed by atoms with E-state index in [4.69, 9.17) is 4.74 Å². The van der Waals surface area contributed by atoms with E-state index in [2.05, 4.69) is 5.32 Å². The molecule has 0 saturated carbocycles. The van der Waals surface area contributed by atoms with Crippen LogP contribution in [0.15, 0.2) is 53.4 Å². The summed E-state index contributed by atoms with van der Waals surface area (Å²) in [6, 6.07) is 9.05. The summed E-state index contributed by atoms with van der Waals surface area (Å²) in [4.78, 5) is 23.3. The molecule has 0 aliphatic heterocycles. The van der Waals surface area contributed by atoms with E-state index in [1.165, 1.54) is 25.1 Å². The molecule has 1 N–H and O–H groups in total. The first kappa shape index (κ1) is 20.4. The summed E-state index contributed by atoms with van der Waals surface area (Å²) in [5.74, 6) is -6.02. The van der Waals surface area contributed by atoms with Crippen molar-refractivity contribution in [2.45, 2.75) is 23.7 Å². The lowest BCUT2D eigenvalue weighted by molar-refractivity contribution is -0.123. The molecule has 27 heavy (non-hydrogen) atoms. The van der Waals surface area contributed by atoms with Crippen LogP contribution in [0.5, 0.6) is 0 Å². The third-order valence-electron chi connectivity index (χ3n) is 3.44. The lowest BCUT2D eigenvalue weighted by Gasteiger charge is -2.14. The Kier molecular flexibility index (Phi) is 6.21. The molecular formula is C17H14F3NO5S. The molecule has 2 aromatic carbocycles. The number of anilines is 1. The van der Waals surface area contributed by atoms with Crippen LogP contribution in [-0.4, -0.2) is 32.2 Å². The molecule has 1 amide bonds. The number of amides is 1. The molecule has 0 aliphatic rings. The van der Waals surface area contributed by atoms with Crippen LogP contribution in [-0.2, 0) is 19.4 Å². The average molecular weight is 401 g/mol. The highest BCUT2D eigenvalue weighted by Crippen LogP contribution is 2.19. The van der Waals surface area contributed by atoms with Gasteiger partial charge in [0.15, 0.2) is 6.10 Å². The Bertz CT molecular complexity index is 945. The zero-order chi connectivity index (χ0) is 20.2. The number of nitrogens with one attached hydrogen (secondary N) is 1. The fraction of sp³-hybridized carbons (Fsp3) is 0.176. The largest absolute Gasteiger partial charge is 0.449 e. The van der Waals surface area contributed by atoms with Gasteiger partial charge in [0.1, 0.15) is 5.82 Å². The molecule has 1 atom stereocenters. The smallest absolute Gasteiger partial charge is 0.341 e. The van der Waals surface area contributed by atoms with E-state index < -0.39 is 44.3 Å². The van der Waals surface area contributed by atoms with Gasteiger partial charge in [-0.2, -0.15) is 8.78 Å². The first-order valence-corrected chi connectivity index (χ1v) is 9.06. The van der Waals surface area contributed by atoms with E-state index >= 15 is 0 Å². The van der Waals surface area contributed by atoms with E-state index in [0.29, 0.717) is 0 Å². The predicted molar refractivity (Wildman–Crippen MR) is 89.5 cm³/mol. The summed E-state index contributed by atoms with van der Waals surface area (Å²) in [5.41, 5.74) is -0.235. The second kappa shape index (κ2) is 8.21. The Labute approximate surface area is 152 Å². The molecule has 0 heterocycles. The zero-order valence-corrected chi connectivity index (χ0v) is 14.7. The van der Waals surface area contributed by atoms with E-state index in [-0.39, 0.29) is 11.3 Å². The number of benzene rings is 2. The number of alkyl halides is 2. The Morgan fingerprint density at radius 3 is 2.19 bits per heavy atom. The van der Waals surface area contributed by atoms with Gasteiger partial charge in [-0.05, 0) is 43.3 Å². The normalized spacial score (nSPS) is 12.5. The lowest BCUT2D eigenvalue weighted by atomic mass is 10.2. The molecular weight excluding hydrogens is 387 g/mol. The van der Waals surface area contributed by atoms with E-state index in [9.17, 15) is 31.2 Å². The van der Waals surface area contributed by atoms with Gasteiger partial charge in [0.25, 0.3) is 5.91 Å². The van der Waals surface area contributed by atoms with Crippen molar-refractivity contribution in [3.05, 3.63) is 59.9 Å². The van der Waals surface area contributed by atoms with Crippen molar-refractivity contribution in [1.82, 2.24) is 0 Å². The average Bonchev–Trinajstić information content (AvgIpc) is 2.63. The summed E-state index contributed by atoms with van der Waals surface area (Å²) >= 11 is 0. The van der Waals surface area contributed by atoms with E-state index in [1.54, 1.807) is 0 Å². The van der Waals surface area contributed by atoms with Gasteiger partial charge in [-0.3, -0.25) is 4.79 Å². The predicted octanol–water partition coefficient (Wildman–Crippen LogP) is 3.01. The zero-order valence-electron chi connectivity index (χ0n) is 13.9. The van der Waals surface area contributed by atoms with Crippen LogP contribution in [0, 0.1) is 5.82 Å². The number of esters is 1. The Morgan fingerprint density at radius 1 is 1.04 bits per heavy atom. The molecule has 0 saturated heterocycles. The molecule has 0 fully saturated rings. The van der Waals surface area contributed by atoms with Gasteiger partial charge in [-0.15, -0.1) is 0 Å². The number of rotatable bonds is 6. The molecule has 0 spiro atoms. The highest BCUT2D eigenvalue weighted by molar-refractivity contribution is 7.91. The Hall–Kier alpha value is -2.88. The van der Waals surface area contributed by atoms with Crippen molar-refractivity contribution in [1.29, 1.82) is 0 Å². The quantitative estimate of drug-likeness (QED) is 0.752. The minimum absolute atomic E-state index is 0.0908. The number of para-hydroxylation sites is 1. The maximum absolute atomic E-state index is 13.5. The summed E-state index contributed by atoms with van der Waals surface area (Å²) in [7, 11) is -4.78. The fourth-order valence-corrected chi connectivity index (χ4v) is 2.68. The second-order valence-electron chi connectivity index (χ2n) is 5.35. The molecule has 144 valence electrons. The monoisotopic (exact) mass is 401 g/mol. The first-order chi connectivity index (χ1) is 12.6. The molecule has 0 radical (unpaired) electrons. The molecule has 10 heteroatoms. The first-order valence-electron chi connectivity index (χ1n) is 7.51. The van der Waals surface area contributed by atoms with Gasteiger partial charge in [0.2, 0.25) is 9.84 Å². The molecule has 0 aromatic heterocycles. The number of sulfone groups is 1. The van der Waals surface area contributed by atoms with Crippen LogP contribution in [0.4, 0.5) is 18.9 Å². The van der Waals surface area contributed by atoms with Crippen molar-refractivity contribution < 1.29 is 35.9 Å². The number of hydrogen-bond acceptors (Lipinski definition) is 5. The van der Waals surface area contributed by atoms with Gasteiger partial charge >= 0.3 is 11.7 Å². The lowest BCUT2D eigenvalue weighted by Crippen LogP contribution is -2.30. The summed E-state index contributed by atoms with van der Waals surface area (Å²) in [5, 5.41) is 2.25. The van der Waals surface area contributed by atoms with Gasteiger partial charge in [0, 0.05) is 0 Å². The topological polar surface area (TPSA) is 89.5 Å².